The first-order valence-corrected chi connectivity index (χ1v) is 9.91. The van der Waals surface area contributed by atoms with Gasteiger partial charge in [0.1, 0.15) is 0 Å². The van der Waals surface area contributed by atoms with E-state index in [4.69, 9.17) is 4.74 Å². The van der Waals surface area contributed by atoms with Crippen LogP contribution in [0.25, 0.3) is 0 Å². The molecule has 134 valence electrons. The normalized spacial score (nSPS) is 31.0. The van der Waals surface area contributed by atoms with E-state index in [9.17, 15) is 0 Å². The molecule has 2 aliphatic rings. The number of hydrogen-bond acceptors (Lipinski definition) is 2. The van der Waals surface area contributed by atoms with Crippen LogP contribution in [0.15, 0.2) is 30.3 Å². The van der Waals surface area contributed by atoms with Gasteiger partial charge in [-0.25, -0.2) is 0 Å². The maximum atomic E-state index is 6.72. The summed E-state index contributed by atoms with van der Waals surface area (Å²) in [7, 11) is 0. The third kappa shape index (κ3) is 4.40. The third-order valence-corrected chi connectivity index (χ3v) is 5.88. The lowest BCUT2D eigenvalue weighted by Gasteiger charge is -2.48. The number of nitrogens with zero attached hydrogens (tertiary/aromatic N) is 1. The Hall–Kier alpha value is -0.860. The van der Waals surface area contributed by atoms with Gasteiger partial charge in [-0.1, -0.05) is 57.5 Å². The highest BCUT2D eigenvalue weighted by Gasteiger charge is 2.44. The van der Waals surface area contributed by atoms with E-state index in [-0.39, 0.29) is 5.60 Å². The Bertz CT molecular complexity index is 506. The Labute approximate surface area is 148 Å². The van der Waals surface area contributed by atoms with E-state index >= 15 is 0 Å². The minimum atomic E-state index is -0.0990. The number of hydrogen-bond donors (Lipinski definition) is 0. The molecule has 24 heavy (non-hydrogen) atoms. The molecule has 1 aromatic rings. The summed E-state index contributed by atoms with van der Waals surface area (Å²) in [5.74, 6) is 0.712. The molecular weight excluding hydrogens is 294 g/mol. The molecule has 0 radical (unpaired) electrons. The molecule has 1 aromatic carbocycles. The third-order valence-electron chi connectivity index (χ3n) is 5.88. The first-order chi connectivity index (χ1) is 11.5. The van der Waals surface area contributed by atoms with Gasteiger partial charge in [0.05, 0.1) is 12.2 Å². The summed E-state index contributed by atoms with van der Waals surface area (Å²) in [6.45, 7) is 11.7. The molecule has 2 atom stereocenters. The van der Waals surface area contributed by atoms with Gasteiger partial charge in [0.2, 0.25) is 0 Å². The smallest absolute Gasteiger partial charge is 0.0939 e. The molecule has 1 aliphatic carbocycles. The molecule has 2 fully saturated rings. The first-order valence-electron chi connectivity index (χ1n) is 9.91. The zero-order valence-corrected chi connectivity index (χ0v) is 15.9. The topological polar surface area (TPSA) is 12.5 Å². The Kier molecular flexibility index (Phi) is 5.66. The van der Waals surface area contributed by atoms with Crippen molar-refractivity contribution in [3.63, 3.8) is 0 Å². The predicted molar refractivity (Wildman–Crippen MR) is 101 cm³/mol. The molecule has 0 unspecified atom stereocenters. The van der Waals surface area contributed by atoms with Crippen LogP contribution in [0.2, 0.25) is 0 Å². The average Bonchev–Trinajstić information content (AvgIpc) is 2.55. The number of likely N-dealkylation sites (tertiary alicyclic amines) is 1. The van der Waals surface area contributed by atoms with Crippen molar-refractivity contribution in [3.8, 4) is 0 Å². The second-order valence-corrected chi connectivity index (χ2v) is 8.97. The predicted octanol–water partition coefficient (Wildman–Crippen LogP) is 5.23. The van der Waals surface area contributed by atoms with Crippen molar-refractivity contribution in [2.45, 2.75) is 64.9 Å². The van der Waals surface area contributed by atoms with Crippen molar-refractivity contribution in [2.75, 3.05) is 26.2 Å². The van der Waals surface area contributed by atoms with E-state index < -0.39 is 0 Å². The van der Waals surface area contributed by atoms with Crippen LogP contribution in [0, 0.1) is 11.3 Å². The van der Waals surface area contributed by atoms with Crippen LogP contribution in [-0.4, -0.2) is 31.1 Å². The van der Waals surface area contributed by atoms with E-state index in [0.717, 1.165) is 26.0 Å². The fraction of sp³-hybridized carbons (Fsp3) is 0.727. The number of piperidine rings is 1. The Morgan fingerprint density at radius 1 is 1.04 bits per heavy atom. The highest BCUT2D eigenvalue weighted by atomic mass is 16.5. The zero-order chi connectivity index (χ0) is 17.0. The largest absolute Gasteiger partial charge is 0.369 e. The van der Waals surface area contributed by atoms with E-state index in [1.54, 1.807) is 0 Å². The SMILES string of the molecule is C[C@H]1CC(C)(C)C[C@](OCCN2CCCCC2)(c2ccccc2)C1. The lowest BCUT2D eigenvalue weighted by molar-refractivity contribution is -0.121. The van der Waals surface area contributed by atoms with Gasteiger partial charge in [-0.15, -0.1) is 0 Å². The summed E-state index contributed by atoms with van der Waals surface area (Å²) < 4.78 is 6.72. The molecule has 1 aliphatic heterocycles. The summed E-state index contributed by atoms with van der Waals surface area (Å²) in [5.41, 5.74) is 1.62. The zero-order valence-electron chi connectivity index (χ0n) is 15.9. The minimum absolute atomic E-state index is 0.0990. The van der Waals surface area contributed by atoms with E-state index in [0.29, 0.717) is 11.3 Å². The summed E-state index contributed by atoms with van der Waals surface area (Å²) in [6.07, 6.45) is 7.70. The van der Waals surface area contributed by atoms with Crippen molar-refractivity contribution in [1.82, 2.24) is 4.90 Å². The van der Waals surface area contributed by atoms with Crippen molar-refractivity contribution in [2.24, 2.45) is 11.3 Å². The molecule has 1 saturated heterocycles. The summed E-state index contributed by atoms with van der Waals surface area (Å²) in [5, 5.41) is 0. The molecule has 0 N–H and O–H groups in total. The fourth-order valence-corrected chi connectivity index (χ4v) is 5.20. The quantitative estimate of drug-likeness (QED) is 0.733. The number of ether oxygens (including phenoxy) is 1. The molecule has 2 heteroatoms. The Morgan fingerprint density at radius 3 is 2.42 bits per heavy atom. The summed E-state index contributed by atoms with van der Waals surface area (Å²) in [4.78, 5) is 2.58. The van der Waals surface area contributed by atoms with Crippen molar-refractivity contribution < 1.29 is 4.74 Å². The standard InChI is InChI=1S/C22H35NO/c1-19-16-21(2,3)18-22(17-19,20-10-6-4-7-11-20)24-15-14-23-12-8-5-9-13-23/h4,6-7,10-11,19H,5,8-9,12-18H2,1-3H3/t19-,22-/m0/s1. The molecule has 0 spiro atoms. The van der Waals surface area contributed by atoms with Gasteiger partial charge in [0, 0.05) is 6.54 Å². The van der Waals surface area contributed by atoms with Gasteiger partial charge in [-0.05, 0) is 62.1 Å². The van der Waals surface area contributed by atoms with E-state index in [1.807, 2.05) is 0 Å². The number of rotatable bonds is 5. The maximum Gasteiger partial charge on any atom is 0.0939 e. The highest BCUT2D eigenvalue weighted by Crippen LogP contribution is 2.50. The van der Waals surface area contributed by atoms with Crippen LogP contribution in [0.3, 0.4) is 0 Å². The van der Waals surface area contributed by atoms with Crippen LogP contribution in [0.1, 0.15) is 64.9 Å². The molecule has 3 rings (SSSR count). The fourth-order valence-electron chi connectivity index (χ4n) is 5.20. The van der Waals surface area contributed by atoms with Gasteiger partial charge in [0.25, 0.3) is 0 Å². The Balaban J connectivity index is 1.72. The van der Waals surface area contributed by atoms with Crippen molar-refractivity contribution in [3.05, 3.63) is 35.9 Å². The first kappa shape index (κ1) is 17.9. The van der Waals surface area contributed by atoms with Crippen LogP contribution < -0.4 is 0 Å². The lowest BCUT2D eigenvalue weighted by atomic mass is 9.63. The van der Waals surface area contributed by atoms with Crippen LogP contribution in [0.5, 0.6) is 0 Å². The second-order valence-electron chi connectivity index (χ2n) is 8.97. The second kappa shape index (κ2) is 7.58. The van der Waals surface area contributed by atoms with E-state index in [2.05, 4.69) is 56.0 Å². The molecule has 1 heterocycles. The van der Waals surface area contributed by atoms with Crippen LogP contribution in [0.4, 0.5) is 0 Å². The summed E-state index contributed by atoms with van der Waals surface area (Å²) >= 11 is 0. The average molecular weight is 330 g/mol. The molecule has 0 amide bonds. The molecular formula is C22H35NO. The van der Waals surface area contributed by atoms with Crippen LogP contribution in [-0.2, 0) is 10.3 Å². The van der Waals surface area contributed by atoms with Gasteiger partial charge in [-0.3, -0.25) is 0 Å². The van der Waals surface area contributed by atoms with Gasteiger partial charge in [-0.2, -0.15) is 0 Å². The minimum Gasteiger partial charge on any atom is -0.369 e. The highest BCUT2D eigenvalue weighted by molar-refractivity contribution is 5.24. The van der Waals surface area contributed by atoms with Gasteiger partial charge < -0.3 is 9.64 Å². The Morgan fingerprint density at radius 2 is 1.75 bits per heavy atom. The molecule has 1 saturated carbocycles. The molecule has 0 bridgehead atoms. The van der Waals surface area contributed by atoms with Crippen molar-refractivity contribution >= 4 is 0 Å². The lowest BCUT2D eigenvalue weighted by Crippen LogP contribution is -2.43. The summed E-state index contributed by atoms with van der Waals surface area (Å²) in [6, 6.07) is 11.0. The molecule has 2 nitrogen and oxygen atoms in total. The van der Waals surface area contributed by atoms with Crippen molar-refractivity contribution in [1.29, 1.82) is 0 Å². The maximum absolute atomic E-state index is 6.72. The van der Waals surface area contributed by atoms with E-state index in [1.165, 1.54) is 44.3 Å². The van der Waals surface area contributed by atoms with Gasteiger partial charge in [0.15, 0.2) is 0 Å². The van der Waals surface area contributed by atoms with Gasteiger partial charge >= 0.3 is 0 Å². The molecule has 0 aromatic heterocycles. The number of benzene rings is 1. The monoisotopic (exact) mass is 329 g/mol. The van der Waals surface area contributed by atoms with Crippen LogP contribution >= 0.6 is 0 Å².